The van der Waals surface area contributed by atoms with Gasteiger partial charge in [-0.15, -0.1) is 11.6 Å². The third-order valence-corrected chi connectivity index (χ3v) is 4.41. The molecule has 2 rings (SSSR count). The summed E-state index contributed by atoms with van der Waals surface area (Å²) in [6.45, 7) is 2.29. The lowest BCUT2D eigenvalue weighted by Gasteiger charge is -2.11. The fourth-order valence-corrected chi connectivity index (χ4v) is 3.07. The van der Waals surface area contributed by atoms with Gasteiger partial charge >= 0.3 is 5.97 Å². The molecule has 0 aliphatic carbocycles. The van der Waals surface area contributed by atoms with Crippen LogP contribution in [-0.2, 0) is 9.53 Å². The Hall–Kier alpha value is -1.14. The van der Waals surface area contributed by atoms with Gasteiger partial charge in [-0.25, -0.2) is 9.78 Å². The fourth-order valence-electron chi connectivity index (χ4n) is 1.85. The average molecular weight is 289 g/mol. The molecule has 1 fully saturated rings. The highest BCUT2D eigenvalue weighted by molar-refractivity contribution is 7.17. The number of esters is 1. The second-order valence-corrected chi connectivity index (χ2v) is 5.42. The zero-order valence-electron chi connectivity index (χ0n) is 10.1. The van der Waals surface area contributed by atoms with E-state index in [9.17, 15) is 9.59 Å². The maximum Gasteiger partial charge on any atom is 0.350 e. The Morgan fingerprint density at radius 2 is 2.39 bits per heavy atom. The first kappa shape index (κ1) is 13.3. The first-order chi connectivity index (χ1) is 8.56. The van der Waals surface area contributed by atoms with E-state index in [0.29, 0.717) is 34.5 Å². The summed E-state index contributed by atoms with van der Waals surface area (Å²) in [5.41, 5.74) is 0.587. The van der Waals surface area contributed by atoms with Gasteiger partial charge in [0.05, 0.1) is 12.8 Å². The van der Waals surface area contributed by atoms with E-state index < -0.39 is 5.97 Å². The molecule has 18 heavy (non-hydrogen) atoms. The largest absolute Gasteiger partial charge is 0.465 e. The third-order valence-electron chi connectivity index (χ3n) is 2.81. The SMILES string of the molecule is COC(=O)c1sc(N2CC(CCl)CC2=O)nc1C. The number of nitrogens with zero attached hydrogens (tertiary/aromatic N) is 2. The molecule has 98 valence electrons. The van der Waals surface area contributed by atoms with Crippen LogP contribution in [0.2, 0.25) is 0 Å². The number of thiazole rings is 1. The van der Waals surface area contributed by atoms with Gasteiger partial charge in [-0.3, -0.25) is 9.69 Å². The van der Waals surface area contributed by atoms with Crippen molar-refractivity contribution in [3.05, 3.63) is 10.6 Å². The van der Waals surface area contributed by atoms with E-state index in [2.05, 4.69) is 9.72 Å². The van der Waals surface area contributed by atoms with Gasteiger partial charge in [0.15, 0.2) is 5.13 Å². The molecule has 0 radical (unpaired) electrons. The lowest BCUT2D eigenvalue weighted by Crippen LogP contribution is -2.24. The number of rotatable bonds is 3. The third kappa shape index (κ3) is 2.35. The number of aryl methyl sites for hydroxylation is 1. The predicted molar refractivity (Wildman–Crippen MR) is 69.4 cm³/mol. The van der Waals surface area contributed by atoms with Crippen LogP contribution in [0, 0.1) is 12.8 Å². The normalized spacial score (nSPS) is 19.4. The van der Waals surface area contributed by atoms with Crippen molar-refractivity contribution in [2.45, 2.75) is 13.3 Å². The van der Waals surface area contributed by atoms with Crippen LogP contribution in [0.1, 0.15) is 21.8 Å². The van der Waals surface area contributed by atoms with Crippen LogP contribution >= 0.6 is 22.9 Å². The fraction of sp³-hybridized carbons (Fsp3) is 0.545. The number of ether oxygens (including phenoxy) is 1. The molecule has 5 nitrogen and oxygen atoms in total. The van der Waals surface area contributed by atoms with E-state index in [0.717, 1.165) is 0 Å². The van der Waals surface area contributed by atoms with Crippen LogP contribution in [0.3, 0.4) is 0 Å². The lowest BCUT2D eigenvalue weighted by atomic mass is 10.2. The number of aromatic nitrogens is 1. The molecular weight excluding hydrogens is 276 g/mol. The minimum atomic E-state index is -0.420. The molecule has 0 aromatic carbocycles. The smallest absolute Gasteiger partial charge is 0.350 e. The summed E-state index contributed by atoms with van der Waals surface area (Å²) in [4.78, 5) is 29.6. The van der Waals surface area contributed by atoms with Gasteiger partial charge in [-0.1, -0.05) is 11.3 Å². The Kier molecular flexibility index (Phi) is 3.87. The molecule has 1 aromatic rings. The number of alkyl halides is 1. The minimum absolute atomic E-state index is 0.00539. The second kappa shape index (κ2) is 5.24. The highest BCUT2D eigenvalue weighted by Gasteiger charge is 2.32. The van der Waals surface area contributed by atoms with Gasteiger partial charge in [0.2, 0.25) is 5.91 Å². The van der Waals surface area contributed by atoms with Crippen LogP contribution in [0.5, 0.6) is 0 Å². The van der Waals surface area contributed by atoms with Crippen molar-refractivity contribution in [1.29, 1.82) is 0 Å². The molecule has 0 N–H and O–H groups in total. The van der Waals surface area contributed by atoms with Gasteiger partial charge in [0.25, 0.3) is 0 Å². The molecule has 0 spiro atoms. The highest BCUT2D eigenvalue weighted by atomic mass is 35.5. The van der Waals surface area contributed by atoms with Crippen molar-refractivity contribution < 1.29 is 14.3 Å². The summed E-state index contributed by atoms with van der Waals surface area (Å²) < 4.78 is 4.67. The first-order valence-electron chi connectivity index (χ1n) is 5.49. The van der Waals surface area contributed by atoms with E-state index in [1.165, 1.54) is 18.4 Å². The summed E-state index contributed by atoms with van der Waals surface area (Å²) in [7, 11) is 1.33. The highest BCUT2D eigenvalue weighted by Crippen LogP contribution is 2.31. The van der Waals surface area contributed by atoms with Crippen LogP contribution in [0.15, 0.2) is 0 Å². The number of amides is 1. The van der Waals surface area contributed by atoms with E-state index in [1.807, 2.05) is 0 Å². The first-order valence-corrected chi connectivity index (χ1v) is 6.84. The molecule has 1 atom stereocenters. The summed E-state index contributed by atoms with van der Waals surface area (Å²) in [6.07, 6.45) is 0.440. The van der Waals surface area contributed by atoms with E-state index >= 15 is 0 Å². The van der Waals surface area contributed by atoms with Gasteiger partial charge in [-0.05, 0) is 12.8 Å². The second-order valence-electron chi connectivity index (χ2n) is 4.13. The molecule has 1 unspecified atom stereocenters. The summed E-state index contributed by atoms with van der Waals surface area (Å²) in [5.74, 6) is 0.198. The Morgan fingerprint density at radius 1 is 1.67 bits per heavy atom. The number of anilines is 1. The van der Waals surface area contributed by atoms with E-state index in [4.69, 9.17) is 11.6 Å². The molecule has 2 heterocycles. The Balaban J connectivity index is 2.25. The molecule has 1 aliphatic heterocycles. The van der Waals surface area contributed by atoms with Crippen molar-refractivity contribution in [2.24, 2.45) is 5.92 Å². The Bertz CT molecular complexity index is 489. The molecule has 1 saturated heterocycles. The van der Waals surface area contributed by atoms with Crippen molar-refractivity contribution in [2.75, 3.05) is 24.4 Å². The molecule has 1 aliphatic rings. The summed E-state index contributed by atoms with van der Waals surface area (Å²) in [5, 5.41) is 0.547. The van der Waals surface area contributed by atoms with E-state index in [1.54, 1.807) is 11.8 Å². The Labute approximate surface area is 114 Å². The zero-order valence-corrected chi connectivity index (χ0v) is 11.7. The van der Waals surface area contributed by atoms with Crippen molar-refractivity contribution in [3.8, 4) is 0 Å². The van der Waals surface area contributed by atoms with E-state index in [-0.39, 0.29) is 11.8 Å². The molecule has 7 heteroatoms. The maximum absolute atomic E-state index is 11.8. The number of carbonyl (C=O) groups excluding carboxylic acids is 2. The van der Waals surface area contributed by atoms with Crippen molar-refractivity contribution >= 4 is 39.9 Å². The number of carbonyl (C=O) groups is 2. The van der Waals surface area contributed by atoms with Crippen molar-refractivity contribution in [3.63, 3.8) is 0 Å². The van der Waals surface area contributed by atoms with Crippen LogP contribution < -0.4 is 4.90 Å². The van der Waals surface area contributed by atoms with Crippen LogP contribution in [0.4, 0.5) is 5.13 Å². The Morgan fingerprint density at radius 3 is 2.94 bits per heavy atom. The molecule has 1 aromatic heterocycles. The summed E-state index contributed by atoms with van der Waals surface area (Å²) in [6, 6.07) is 0. The maximum atomic E-state index is 11.8. The topological polar surface area (TPSA) is 59.5 Å². The zero-order chi connectivity index (χ0) is 13.3. The van der Waals surface area contributed by atoms with Crippen molar-refractivity contribution in [1.82, 2.24) is 4.98 Å². The number of hydrogen-bond donors (Lipinski definition) is 0. The van der Waals surface area contributed by atoms with Crippen LogP contribution in [-0.4, -0.2) is 36.4 Å². The van der Waals surface area contributed by atoms with Gasteiger partial charge < -0.3 is 4.74 Å². The molecule has 1 amide bonds. The molecular formula is C11H13ClN2O3S. The molecule has 0 saturated carbocycles. The standard InChI is InChI=1S/C11H13ClN2O3S/c1-6-9(10(16)17-2)18-11(13-6)14-5-7(4-12)3-8(14)15/h7H,3-5H2,1-2H3. The lowest BCUT2D eigenvalue weighted by molar-refractivity contribution is -0.117. The van der Waals surface area contributed by atoms with Crippen LogP contribution in [0.25, 0.3) is 0 Å². The molecule has 0 bridgehead atoms. The number of halogens is 1. The number of methoxy groups -OCH3 is 1. The number of hydrogen-bond acceptors (Lipinski definition) is 5. The quantitative estimate of drug-likeness (QED) is 0.629. The predicted octanol–water partition coefficient (Wildman–Crippen LogP) is 1.83. The average Bonchev–Trinajstić information content (AvgIpc) is 2.91. The minimum Gasteiger partial charge on any atom is -0.465 e. The van der Waals surface area contributed by atoms with Gasteiger partial charge in [-0.2, -0.15) is 0 Å². The van der Waals surface area contributed by atoms with Gasteiger partial charge in [0.1, 0.15) is 4.88 Å². The monoisotopic (exact) mass is 288 g/mol. The van der Waals surface area contributed by atoms with Gasteiger partial charge in [0, 0.05) is 18.8 Å². The summed E-state index contributed by atoms with van der Waals surface area (Å²) >= 11 is 6.95.